The van der Waals surface area contributed by atoms with Crippen LogP contribution in [0.2, 0.25) is 0 Å². The number of nitrogens with one attached hydrogen (secondary N) is 2. The van der Waals surface area contributed by atoms with Crippen molar-refractivity contribution in [3.63, 3.8) is 0 Å². The molecule has 0 heterocycles. The molecule has 3 aromatic rings. The largest absolute Gasteiger partial charge is 0.489 e. The Labute approximate surface area is 185 Å². The molecule has 1 saturated carbocycles. The smallest absolute Gasteiger partial charge is 0.262 e. The van der Waals surface area contributed by atoms with Crippen molar-refractivity contribution >= 4 is 23.2 Å². The Hall–Kier alpha value is -3.87. The molecule has 2 N–H and O–H groups in total. The van der Waals surface area contributed by atoms with Gasteiger partial charge in [0.2, 0.25) is 5.91 Å². The molecular weight excluding hydrogens is 411 g/mol. The number of hydrogen-bond donors (Lipinski definition) is 2. The van der Waals surface area contributed by atoms with Gasteiger partial charge in [-0.2, -0.15) is 0 Å². The van der Waals surface area contributed by atoms with E-state index in [1.165, 1.54) is 12.1 Å². The zero-order valence-electron chi connectivity index (χ0n) is 17.3. The lowest BCUT2D eigenvalue weighted by atomic mass is 10.2. The minimum atomic E-state index is -0.362. The van der Waals surface area contributed by atoms with E-state index < -0.39 is 0 Å². The SMILES string of the molecule is O=C(COc1cccc(NC(=O)C2CC2)c1)Nc1cccc(COc2cccc(F)c2)c1. The summed E-state index contributed by atoms with van der Waals surface area (Å²) in [7, 11) is 0. The highest BCUT2D eigenvalue weighted by Gasteiger charge is 2.29. The number of rotatable bonds is 9. The summed E-state index contributed by atoms with van der Waals surface area (Å²) in [6, 6.07) is 20.1. The first-order valence-electron chi connectivity index (χ1n) is 10.4. The van der Waals surface area contributed by atoms with E-state index in [-0.39, 0.29) is 36.8 Å². The molecule has 2 amide bonds. The molecule has 0 aliphatic heterocycles. The van der Waals surface area contributed by atoms with Gasteiger partial charge >= 0.3 is 0 Å². The third-order valence-corrected chi connectivity index (χ3v) is 4.83. The number of carbonyl (C=O) groups is 2. The molecule has 0 aromatic heterocycles. The molecule has 4 rings (SSSR count). The molecule has 0 saturated heterocycles. The summed E-state index contributed by atoms with van der Waals surface area (Å²) in [5.41, 5.74) is 2.07. The van der Waals surface area contributed by atoms with E-state index in [2.05, 4.69) is 10.6 Å². The van der Waals surface area contributed by atoms with Gasteiger partial charge in [0, 0.05) is 29.4 Å². The number of ether oxygens (including phenoxy) is 2. The van der Waals surface area contributed by atoms with Crippen molar-refractivity contribution in [3.8, 4) is 11.5 Å². The maximum atomic E-state index is 13.3. The predicted octanol–water partition coefficient (Wildman–Crippen LogP) is 4.77. The van der Waals surface area contributed by atoms with Crippen molar-refractivity contribution in [3.05, 3.63) is 84.2 Å². The van der Waals surface area contributed by atoms with Gasteiger partial charge in [0.1, 0.15) is 23.9 Å². The van der Waals surface area contributed by atoms with E-state index in [1.807, 2.05) is 6.07 Å². The first-order chi connectivity index (χ1) is 15.5. The van der Waals surface area contributed by atoms with Crippen molar-refractivity contribution in [2.75, 3.05) is 17.2 Å². The molecule has 7 heteroatoms. The summed E-state index contributed by atoms with van der Waals surface area (Å²) in [6.07, 6.45) is 1.86. The van der Waals surface area contributed by atoms with Crippen molar-refractivity contribution in [2.45, 2.75) is 19.4 Å². The average molecular weight is 434 g/mol. The van der Waals surface area contributed by atoms with Gasteiger partial charge in [-0.15, -0.1) is 0 Å². The molecule has 0 radical (unpaired) electrons. The highest BCUT2D eigenvalue weighted by Crippen LogP contribution is 2.30. The number of anilines is 2. The summed E-state index contributed by atoms with van der Waals surface area (Å²) in [5, 5.41) is 5.63. The van der Waals surface area contributed by atoms with Gasteiger partial charge < -0.3 is 20.1 Å². The number of hydrogen-bond acceptors (Lipinski definition) is 4. The molecule has 0 spiro atoms. The molecule has 0 bridgehead atoms. The minimum absolute atomic E-state index is 0.0150. The van der Waals surface area contributed by atoms with Gasteiger partial charge in [-0.05, 0) is 54.8 Å². The fraction of sp³-hybridized carbons (Fsp3) is 0.200. The molecule has 3 aromatic carbocycles. The van der Waals surface area contributed by atoms with E-state index in [1.54, 1.807) is 54.6 Å². The monoisotopic (exact) mass is 434 g/mol. The van der Waals surface area contributed by atoms with Crippen molar-refractivity contribution < 1.29 is 23.5 Å². The predicted molar refractivity (Wildman–Crippen MR) is 119 cm³/mol. The van der Waals surface area contributed by atoms with E-state index in [0.717, 1.165) is 18.4 Å². The molecule has 0 atom stereocenters. The Balaban J connectivity index is 1.27. The number of carbonyl (C=O) groups excluding carboxylic acids is 2. The van der Waals surface area contributed by atoms with Crippen LogP contribution in [0.5, 0.6) is 11.5 Å². The number of halogens is 1. The lowest BCUT2D eigenvalue weighted by molar-refractivity contribution is -0.118. The first-order valence-corrected chi connectivity index (χ1v) is 10.4. The topological polar surface area (TPSA) is 76.7 Å². The van der Waals surface area contributed by atoms with Crippen LogP contribution in [0.25, 0.3) is 0 Å². The first kappa shape index (κ1) is 21.4. The van der Waals surface area contributed by atoms with Crippen LogP contribution in [0, 0.1) is 11.7 Å². The third-order valence-electron chi connectivity index (χ3n) is 4.83. The molecule has 0 unspecified atom stereocenters. The molecule has 32 heavy (non-hydrogen) atoms. The van der Waals surface area contributed by atoms with Gasteiger partial charge in [-0.3, -0.25) is 9.59 Å². The van der Waals surface area contributed by atoms with E-state index in [9.17, 15) is 14.0 Å². The third kappa shape index (κ3) is 6.31. The number of benzene rings is 3. The van der Waals surface area contributed by atoms with Crippen LogP contribution in [-0.4, -0.2) is 18.4 Å². The Bertz CT molecular complexity index is 1110. The van der Waals surface area contributed by atoms with Crippen molar-refractivity contribution in [2.24, 2.45) is 5.92 Å². The fourth-order valence-electron chi connectivity index (χ4n) is 3.06. The average Bonchev–Trinajstić information content (AvgIpc) is 3.63. The van der Waals surface area contributed by atoms with Crippen molar-refractivity contribution in [1.29, 1.82) is 0 Å². The van der Waals surface area contributed by atoms with Crippen molar-refractivity contribution in [1.82, 2.24) is 0 Å². The molecule has 6 nitrogen and oxygen atoms in total. The minimum Gasteiger partial charge on any atom is -0.489 e. The van der Waals surface area contributed by atoms with Crippen LogP contribution >= 0.6 is 0 Å². The second-order valence-electron chi connectivity index (χ2n) is 7.57. The van der Waals surface area contributed by atoms with Gasteiger partial charge in [-0.25, -0.2) is 4.39 Å². The number of amides is 2. The Morgan fingerprint density at radius 1 is 0.844 bits per heavy atom. The summed E-state index contributed by atoms with van der Waals surface area (Å²) < 4.78 is 24.4. The molecule has 164 valence electrons. The fourth-order valence-corrected chi connectivity index (χ4v) is 3.06. The highest BCUT2D eigenvalue weighted by atomic mass is 19.1. The molecule has 1 aliphatic carbocycles. The van der Waals surface area contributed by atoms with E-state index in [4.69, 9.17) is 9.47 Å². The van der Waals surface area contributed by atoms with Crippen LogP contribution in [0.15, 0.2) is 72.8 Å². The Morgan fingerprint density at radius 2 is 1.53 bits per heavy atom. The zero-order chi connectivity index (χ0) is 22.3. The quantitative estimate of drug-likeness (QED) is 0.509. The van der Waals surface area contributed by atoms with Crippen LogP contribution in [0.3, 0.4) is 0 Å². The maximum Gasteiger partial charge on any atom is 0.262 e. The maximum absolute atomic E-state index is 13.3. The standard InChI is InChI=1S/C25H23FN2O4/c26-19-5-2-8-22(13-19)31-15-17-4-1-6-20(12-17)27-24(29)16-32-23-9-3-7-21(14-23)28-25(30)18-10-11-18/h1-9,12-14,18H,10-11,15-16H2,(H,27,29)(H,28,30). The molecule has 1 aliphatic rings. The molecular formula is C25H23FN2O4. The Morgan fingerprint density at radius 3 is 2.28 bits per heavy atom. The summed E-state index contributed by atoms with van der Waals surface area (Å²) in [4.78, 5) is 24.2. The van der Waals surface area contributed by atoms with Gasteiger partial charge in [0.15, 0.2) is 6.61 Å². The van der Waals surface area contributed by atoms with Gasteiger partial charge in [0.05, 0.1) is 0 Å². The second kappa shape index (κ2) is 9.96. The lowest BCUT2D eigenvalue weighted by Gasteiger charge is -2.11. The van der Waals surface area contributed by atoms with Crippen LogP contribution < -0.4 is 20.1 Å². The van der Waals surface area contributed by atoms with Crippen LogP contribution in [-0.2, 0) is 16.2 Å². The second-order valence-corrected chi connectivity index (χ2v) is 7.57. The zero-order valence-corrected chi connectivity index (χ0v) is 17.3. The van der Waals surface area contributed by atoms with Gasteiger partial charge in [-0.1, -0.05) is 24.3 Å². The van der Waals surface area contributed by atoms with Crippen LogP contribution in [0.1, 0.15) is 18.4 Å². The Kier molecular flexibility index (Phi) is 6.65. The summed E-state index contributed by atoms with van der Waals surface area (Å²) in [6.45, 7) is 0.0626. The summed E-state index contributed by atoms with van der Waals surface area (Å²) >= 11 is 0. The van der Waals surface area contributed by atoms with E-state index >= 15 is 0 Å². The van der Waals surface area contributed by atoms with E-state index in [0.29, 0.717) is 22.9 Å². The van der Waals surface area contributed by atoms with Gasteiger partial charge in [0.25, 0.3) is 5.91 Å². The normalized spacial score (nSPS) is 12.7. The van der Waals surface area contributed by atoms with Crippen LogP contribution in [0.4, 0.5) is 15.8 Å². The molecule has 1 fully saturated rings. The highest BCUT2D eigenvalue weighted by molar-refractivity contribution is 5.94. The lowest BCUT2D eigenvalue weighted by Crippen LogP contribution is -2.20. The summed E-state index contributed by atoms with van der Waals surface area (Å²) in [5.74, 6) is 0.371.